The van der Waals surface area contributed by atoms with Crippen LogP contribution in [0.15, 0.2) is 22.8 Å². The lowest BCUT2D eigenvalue weighted by atomic mass is 10.4. The van der Waals surface area contributed by atoms with E-state index in [-0.39, 0.29) is 6.04 Å². The normalized spacial score (nSPS) is 10.3. The second-order valence-electron chi connectivity index (χ2n) is 2.83. The standard InChI is InChI=1S/C8H11BrN2O/c1-6(2)10-8-5-3-4-7(9)11(8)12/h3-6,10H,1-2H3. The molecule has 0 aliphatic carbocycles. The summed E-state index contributed by atoms with van der Waals surface area (Å²) in [5, 5.41) is 14.3. The Balaban J connectivity index is 2.92. The van der Waals surface area contributed by atoms with Crippen molar-refractivity contribution in [2.75, 3.05) is 5.32 Å². The van der Waals surface area contributed by atoms with Crippen LogP contribution in [-0.2, 0) is 0 Å². The lowest BCUT2D eigenvalue weighted by Gasteiger charge is -2.11. The molecule has 0 fully saturated rings. The summed E-state index contributed by atoms with van der Waals surface area (Å²) in [6.45, 7) is 3.97. The molecule has 12 heavy (non-hydrogen) atoms. The molecule has 66 valence electrons. The van der Waals surface area contributed by atoms with Crippen LogP contribution in [0, 0.1) is 5.21 Å². The van der Waals surface area contributed by atoms with Crippen molar-refractivity contribution in [3.63, 3.8) is 0 Å². The van der Waals surface area contributed by atoms with Gasteiger partial charge in [0.25, 0.3) is 5.82 Å². The first kappa shape index (κ1) is 9.32. The summed E-state index contributed by atoms with van der Waals surface area (Å²) in [6.07, 6.45) is 0. The van der Waals surface area contributed by atoms with Crippen LogP contribution in [0.2, 0.25) is 0 Å². The minimum atomic E-state index is 0.263. The predicted molar refractivity (Wildman–Crippen MR) is 51.9 cm³/mol. The number of pyridine rings is 1. The van der Waals surface area contributed by atoms with Crippen LogP contribution in [0.1, 0.15) is 13.8 Å². The van der Waals surface area contributed by atoms with Crippen molar-refractivity contribution in [2.45, 2.75) is 19.9 Å². The van der Waals surface area contributed by atoms with E-state index in [9.17, 15) is 5.21 Å². The number of aromatic nitrogens is 1. The Hall–Kier alpha value is -0.770. The molecule has 0 aliphatic heterocycles. The van der Waals surface area contributed by atoms with Gasteiger partial charge in [-0.1, -0.05) is 0 Å². The number of hydrogen-bond acceptors (Lipinski definition) is 2. The zero-order valence-corrected chi connectivity index (χ0v) is 8.63. The summed E-state index contributed by atoms with van der Waals surface area (Å²) in [6, 6.07) is 5.54. The maximum Gasteiger partial charge on any atom is 0.278 e. The van der Waals surface area contributed by atoms with Crippen LogP contribution < -0.4 is 10.0 Å². The summed E-state index contributed by atoms with van der Waals surface area (Å²) < 4.78 is 1.34. The molecule has 1 N–H and O–H groups in total. The highest BCUT2D eigenvalue weighted by Crippen LogP contribution is 2.07. The lowest BCUT2D eigenvalue weighted by Crippen LogP contribution is -2.33. The summed E-state index contributed by atoms with van der Waals surface area (Å²) in [4.78, 5) is 0. The molecule has 0 aliphatic rings. The van der Waals surface area contributed by atoms with Gasteiger partial charge in [-0.15, -0.1) is 0 Å². The summed E-state index contributed by atoms with van der Waals surface area (Å²) in [5.41, 5.74) is 0. The van der Waals surface area contributed by atoms with Gasteiger partial charge in [0.1, 0.15) is 0 Å². The Bertz CT molecular complexity index is 276. The first-order valence-corrected chi connectivity index (χ1v) is 4.55. The lowest BCUT2D eigenvalue weighted by molar-refractivity contribution is -0.602. The molecule has 0 spiro atoms. The number of nitrogens with zero attached hydrogens (tertiary/aromatic N) is 1. The van der Waals surface area contributed by atoms with Crippen molar-refractivity contribution in [1.82, 2.24) is 0 Å². The molecular weight excluding hydrogens is 220 g/mol. The number of halogens is 1. The van der Waals surface area contributed by atoms with E-state index in [1.54, 1.807) is 12.1 Å². The minimum Gasteiger partial charge on any atom is -0.710 e. The van der Waals surface area contributed by atoms with Gasteiger partial charge in [-0.25, -0.2) is 4.73 Å². The van der Waals surface area contributed by atoms with Crippen LogP contribution in [0.5, 0.6) is 0 Å². The maximum atomic E-state index is 11.3. The summed E-state index contributed by atoms with van der Waals surface area (Å²) in [7, 11) is 0. The molecule has 0 amide bonds. The molecule has 0 atom stereocenters. The van der Waals surface area contributed by atoms with Crippen molar-refractivity contribution in [3.8, 4) is 0 Å². The zero-order chi connectivity index (χ0) is 9.14. The van der Waals surface area contributed by atoms with E-state index in [2.05, 4.69) is 21.2 Å². The van der Waals surface area contributed by atoms with Crippen LogP contribution in [-0.4, -0.2) is 6.04 Å². The Morgan fingerprint density at radius 2 is 2.17 bits per heavy atom. The fraction of sp³-hybridized carbons (Fsp3) is 0.375. The molecule has 0 bridgehead atoms. The third-order valence-corrected chi connectivity index (χ3v) is 1.92. The van der Waals surface area contributed by atoms with E-state index in [1.807, 2.05) is 19.9 Å². The van der Waals surface area contributed by atoms with E-state index < -0.39 is 0 Å². The largest absolute Gasteiger partial charge is 0.710 e. The van der Waals surface area contributed by atoms with E-state index >= 15 is 0 Å². The molecule has 0 radical (unpaired) electrons. The molecule has 0 saturated heterocycles. The molecule has 0 aromatic carbocycles. The molecule has 1 heterocycles. The van der Waals surface area contributed by atoms with Gasteiger partial charge in [0.05, 0.1) is 6.04 Å². The van der Waals surface area contributed by atoms with Gasteiger partial charge in [-0.3, -0.25) is 5.32 Å². The Morgan fingerprint density at radius 3 is 2.75 bits per heavy atom. The van der Waals surface area contributed by atoms with Crippen molar-refractivity contribution in [1.29, 1.82) is 0 Å². The van der Waals surface area contributed by atoms with Crippen molar-refractivity contribution in [3.05, 3.63) is 28.0 Å². The number of anilines is 1. The third-order valence-electron chi connectivity index (χ3n) is 1.34. The monoisotopic (exact) mass is 230 g/mol. The van der Waals surface area contributed by atoms with Crippen molar-refractivity contribution >= 4 is 21.7 Å². The first-order valence-electron chi connectivity index (χ1n) is 3.76. The summed E-state index contributed by atoms with van der Waals surface area (Å²) in [5.74, 6) is 0.569. The third kappa shape index (κ3) is 2.11. The average Bonchev–Trinajstić information content (AvgIpc) is 1.98. The quantitative estimate of drug-likeness (QED) is 0.479. The molecule has 1 aromatic rings. The Morgan fingerprint density at radius 1 is 1.50 bits per heavy atom. The summed E-state index contributed by atoms with van der Waals surface area (Å²) >= 11 is 3.15. The van der Waals surface area contributed by atoms with Crippen molar-refractivity contribution < 1.29 is 4.73 Å². The Labute approximate surface area is 80.1 Å². The fourth-order valence-electron chi connectivity index (χ4n) is 0.872. The van der Waals surface area contributed by atoms with Crippen LogP contribution in [0.3, 0.4) is 0 Å². The first-order chi connectivity index (χ1) is 5.61. The number of nitrogens with one attached hydrogen (secondary N) is 1. The molecule has 1 aromatic heterocycles. The van der Waals surface area contributed by atoms with Gasteiger partial charge in [0.15, 0.2) is 4.60 Å². The smallest absolute Gasteiger partial charge is 0.278 e. The van der Waals surface area contributed by atoms with Crippen LogP contribution >= 0.6 is 15.9 Å². The highest BCUT2D eigenvalue weighted by Gasteiger charge is 2.06. The van der Waals surface area contributed by atoms with E-state index in [0.717, 1.165) is 4.73 Å². The predicted octanol–water partition coefficient (Wildman–Crippen LogP) is 1.90. The second kappa shape index (κ2) is 3.76. The van der Waals surface area contributed by atoms with Gasteiger partial charge in [0, 0.05) is 6.07 Å². The molecule has 3 nitrogen and oxygen atoms in total. The Kier molecular flexibility index (Phi) is 2.92. The van der Waals surface area contributed by atoms with Crippen LogP contribution in [0.4, 0.5) is 5.82 Å². The molecule has 0 unspecified atom stereocenters. The van der Waals surface area contributed by atoms with Gasteiger partial charge in [0.2, 0.25) is 0 Å². The topological polar surface area (TPSA) is 39.0 Å². The zero-order valence-electron chi connectivity index (χ0n) is 7.04. The van der Waals surface area contributed by atoms with Gasteiger partial charge in [-0.05, 0) is 41.9 Å². The molecular formula is C8H11BrN2O. The minimum absolute atomic E-state index is 0.263. The highest BCUT2D eigenvalue weighted by atomic mass is 79.9. The van der Waals surface area contributed by atoms with E-state index in [4.69, 9.17) is 0 Å². The van der Waals surface area contributed by atoms with Gasteiger partial charge >= 0.3 is 0 Å². The SMILES string of the molecule is CC(C)Nc1cccc(Br)[n+]1[O-]. The molecule has 4 heteroatoms. The number of hydrogen-bond donors (Lipinski definition) is 1. The highest BCUT2D eigenvalue weighted by molar-refractivity contribution is 9.10. The van der Waals surface area contributed by atoms with Gasteiger partial charge in [-0.2, -0.15) is 0 Å². The average molecular weight is 231 g/mol. The van der Waals surface area contributed by atoms with E-state index in [1.165, 1.54) is 0 Å². The number of rotatable bonds is 2. The van der Waals surface area contributed by atoms with Gasteiger partial charge < -0.3 is 5.21 Å². The molecule has 1 rings (SSSR count). The van der Waals surface area contributed by atoms with E-state index in [0.29, 0.717) is 10.4 Å². The van der Waals surface area contributed by atoms with Crippen LogP contribution in [0.25, 0.3) is 0 Å². The van der Waals surface area contributed by atoms with Crippen molar-refractivity contribution in [2.24, 2.45) is 0 Å². The second-order valence-corrected chi connectivity index (χ2v) is 3.64. The fourth-order valence-corrected chi connectivity index (χ4v) is 1.22. The maximum absolute atomic E-state index is 11.3. The molecule has 0 saturated carbocycles.